The summed E-state index contributed by atoms with van der Waals surface area (Å²) in [5.41, 5.74) is 0.524. The molecule has 1 rings (SSSR count). The fourth-order valence-electron chi connectivity index (χ4n) is 0.865. The van der Waals surface area contributed by atoms with Crippen molar-refractivity contribution in [2.24, 2.45) is 0 Å². The van der Waals surface area contributed by atoms with E-state index in [1.165, 1.54) is 4.68 Å². The number of aliphatic hydroxyl groups excluding tert-OH is 2. The minimum atomic E-state index is -0.604. The molecular weight excluding hydrogens is 158 g/mol. The van der Waals surface area contributed by atoms with Gasteiger partial charge in [-0.05, 0) is 13.8 Å². The van der Waals surface area contributed by atoms with Crippen LogP contribution in [0.25, 0.3) is 0 Å². The zero-order chi connectivity index (χ0) is 9.14. The van der Waals surface area contributed by atoms with Gasteiger partial charge in [-0.3, -0.25) is 0 Å². The van der Waals surface area contributed by atoms with Crippen LogP contribution in [0.3, 0.4) is 0 Å². The molecular formula is C7H13N3O2. The lowest BCUT2D eigenvalue weighted by Gasteiger charge is -2.01. The molecule has 2 unspecified atom stereocenters. The van der Waals surface area contributed by atoms with Crippen LogP contribution in [0.15, 0.2) is 6.20 Å². The first kappa shape index (κ1) is 9.15. The predicted molar refractivity (Wildman–Crippen MR) is 42.3 cm³/mol. The third kappa shape index (κ3) is 2.28. The highest BCUT2D eigenvalue weighted by molar-refractivity contribution is 4.95. The average Bonchev–Trinajstić information content (AvgIpc) is 2.34. The summed E-state index contributed by atoms with van der Waals surface area (Å²) in [6.45, 7) is 3.69. The lowest BCUT2D eigenvalue weighted by atomic mass is 10.3. The number of aromatic nitrogens is 3. The Balaban J connectivity index is 2.64. The van der Waals surface area contributed by atoms with E-state index in [9.17, 15) is 0 Å². The van der Waals surface area contributed by atoms with E-state index >= 15 is 0 Å². The first-order chi connectivity index (χ1) is 5.59. The van der Waals surface area contributed by atoms with Gasteiger partial charge in [-0.25, -0.2) is 4.68 Å². The van der Waals surface area contributed by atoms with E-state index in [1.807, 2.05) is 0 Å². The molecule has 0 aromatic carbocycles. The second-order valence-electron chi connectivity index (χ2n) is 2.89. The third-order valence-electron chi connectivity index (χ3n) is 1.44. The van der Waals surface area contributed by atoms with Gasteiger partial charge in [0.15, 0.2) is 0 Å². The van der Waals surface area contributed by atoms with Crippen molar-refractivity contribution >= 4 is 0 Å². The molecule has 1 aromatic rings. The number of aliphatic hydroxyl groups is 2. The monoisotopic (exact) mass is 171 g/mol. The summed E-state index contributed by atoms with van der Waals surface area (Å²) in [4.78, 5) is 0. The molecule has 5 heteroatoms. The number of rotatable bonds is 3. The second kappa shape index (κ2) is 3.64. The van der Waals surface area contributed by atoms with Gasteiger partial charge in [0, 0.05) is 0 Å². The average molecular weight is 171 g/mol. The second-order valence-corrected chi connectivity index (χ2v) is 2.89. The van der Waals surface area contributed by atoms with Crippen molar-refractivity contribution in [2.75, 3.05) is 0 Å². The highest BCUT2D eigenvalue weighted by Gasteiger charge is 2.06. The summed E-state index contributed by atoms with van der Waals surface area (Å²) in [6.07, 6.45) is 0.568. The molecule has 0 spiro atoms. The summed E-state index contributed by atoms with van der Waals surface area (Å²) in [5, 5.41) is 25.5. The van der Waals surface area contributed by atoms with Gasteiger partial charge in [0.2, 0.25) is 0 Å². The lowest BCUT2D eigenvalue weighted by Crippen LogP contribution is -2.12. The van der Waals surface area contributed by atoms with Gasteiger partial charge < -0.3 is 10.2 Å². The Morgan fingerprint density at radius 3 is 2.58 bits per heavy atom. The van der Waals surface area contributed by atoms with Crippen molar-refractivity contribution in [2.45, 2.75) is 32.6 Å². The molecule has 68 valence electrons. The van der Waals surface area contributed by atoms with Crippen LogP contribution in [0.1, 0.15) is 25.6 Å². The van der Waals surface area contributed by atoms with E-state index in [2.05, 4.69) is 10.3 Å². The van der Waals surface area contributed by atoms with Gasteiger partial charge in [-0.15, -0.1) is 5.10 Å². The summed E-state index contributed by atoms with van der Waals surface area (Å²) in [5.74, 6) is 0. The van der Waals surface area contributed by atoms with Crippen LogP contribution in [-0.4, -0.2) is 31.3 Å². The van der Waals surface area contributed by atoms with E-state index in [1.54, 1.807) is 20.0 Å². The standard InChI is InChI=1S/C7H13N3O2/c1-5(11)3-10-4-7(6(2)12)8-9-10/h4-6,11-12H,3H2,1-2H3. The highest BCUT2D eigenvalue weighted by atomic mass is 16.3. The van der Waals surface area contributed by atoms with Crippen molar-refractivity contribution in [3.63, 3.8) is 0 Å². The molecule has 1 heterocycles. The molecule has 0 aliphatic carbocycles. The van der Waals surface area contributed by atoms with Gasteiger partial charge in [0.1, 0.15) is 5.69 Å². The Morgan fingerprint density at radius 2 is 2.17 bits per heavy atom. The molecule has 0 fully saturated rings. The van der Waals surface area contributed by atoms with E-state index in [0.29, 0.717) is 12.2 Å². The fraction of sp³-hybridized carbons (Fsp3) is 0.714. The quantitative estimate of drug-likeness (QED) is 0.655. The SMILES string of the molecule is CC(O)Cn1cc(C(C)O)nn1. The number of nitrogens with zero attached hydrogens (tertiary/aromatic N) is 3. The first-order valence-electron chi connectivity index (χ1n) is 3.85. The molecule has 5 nitrogen and oxygen atoms in total. The van der Waals surface area contributed by atoms with Gasteiger partial charge >= 0.3 is 0 Å². The van der Waals surface area contributed by atoms with Crippen molar-refractivity contribution in [1.82, 2.24) is 15.0 Å². The smallest absolute Gasteiger partial charge is 0.111 e. The van der Waals surface area contributed by atoms with Gasteiger partial charge in [-0.2, -0.15) is 0 Å². The van der Waals surface area contributed by atoms with E-state index < -0.39 is 12.2 Å². The number of hydrogen-bond donors (Lipinski definition) is 2. The lowest BCUT2D eigenvalue weighted by molar-refractivity contribution is 0.167. The van der Waals surface area contributed by atoms with Crippen LogP contribution >= 0.6 is 0 Å². The molecule has 2 atom stereocenters. The van der Waals surface area contributed by atoms with Crippen LogP contribution in [0.4, 0.5) is 0 Å². The minimum Gasteiger partial charge on any atom is -0.391 e. The molecule has 0 saturated carbocycles. The number of hydrogen-bond acceptors (Lipinski definition) is 4. The van der Waals surface area contributed by atoms with Gasteiger partial charge in [0.05, 0.1) is 24.9 Å². The van der Waals surface area contributed by atoms with Crippen molar-refractivity contribution in [3.8, 4) is 0 Å². The van der Waals surface area contributed by atoms with Crippen LogP contribution in [0, 0.1) is 0 Å². The Bertz CT molecular complexity index is 245. The van der Waals surface area contributed by atoms with E-state index in [-0.39, 0.29) is 0 Å². The largest absolute Gasteiger partial charge is 0.391 e. The van der Waals surface area contributed by atoms with Crippen molar-refractivity contribution in [1.29, 1.82) is 0 Å². The van der Waals surface area contributed by atoms with Crippen molar-refractivity contribution < 1.29 is 10.2 Å². The van der Waals surface area contributed by atoms with Crippen LogP contribution in [-0.2, 0) is 6.54 Å². The van der Waals surface area contributed by atoms with Crippen LogP contribution in [0.5, 0.6) is 0 Å². The first-order valence-corrected chi connectivity index (χ1v) is 3.85. The fourth-order valence-corrected chi connectivity index (χ4v) is 0.865. The predicted octanol–water partition coefficient (Wildman–Crippen LogP) is -0.288. The zero-order valence-corrected chi connectivity index (χ0v) is 7.18. The maximum Gasteiger partial charge on any atom is 0.111 e. The van der Waals surface area contributed by atoms with Crippen molar-refractivity contribution in [3.05, 3.63) is 11.9 Å². The topological polar surface area (TPSA) is 71.2 Å². The molecule has 0 aliphatic heterocycles. The Hall–Kier alpha value is -0.940. The van der Waals surface area contributed by atoms with Crippen LogP contribution < -0.4 is 0 Å². The summed E-state index contributed by atoms with van der Waals surface area (Å²) < 4.78 is 1.51. The minimum absolute atomic E-state index is 0.403. The van der Waals surface area contributed by atoms with Crippen LogP contribution in [0.2, 0.25) is 0 Å². The highest BCUT2D eigenvalue weighted by Crippen LogP contribution is 2.06. The molecule has 12 heavy (non-hydrogen) atoms. The Labute approximate surface area is 70.6 Å². The maximum absolute atomic E-state index is 9.09. The molecule has 0 radical (unpaired) electrons. The molecule has 0 aliphatic rings. The van der Waals surface area contributed by atoms with Gasteiger partial charge in [-0.1, -0.05) is 5.21 Å². The van der Waals surface area contributed by atoms with Gasteiger partial charge in [0.25, 0.3) is 0 Å². The molecule has 0 saturated heterocycles. The molecule has 1 aromatic heterocycles. The summed E-state index contributed by atoms with van der Waals surface area (Å²) >= 11 is 0. The molecule has 2 N–H and O–H groups in total. The third-order valence-corrected chi connectivity index (χ3v) is 1.44. The Kier molecular flexibility index (Phi) is 2.78. The maximum atomic E-state index is 9.09. The normalized spacial score (nSPS) is 16.0. The van der Waals surface area contributed by atoms with E-state index in [0.717, 1.165) is 0 Å². The molecule has 0 amide bonds. The summed E-state index contributed by atoms with van der Waals surface area (Å²) in [6, 6.07) is 0. The van der Waals surface area contributed by atoms with E-state index in [4.69, 9.17) is 10.2 Å². The summed E-state index contributed by atoms with van der Waals surface area (Å²) in [7, 11) is 0. The Morgan fingerprint density at radius 1 is 1.50 bits per heavy atom. The molecule has 0 bridgehead atoms. The zero-order valence-electron chi connectivity index (χ0n) is 7.18.